The molecule has 1 aromatic carbocycles. The zero-order valence-electron chi connectivity index (χ0n) is 6.43. The van der Waals surface area contributed by atoms with Gasteiger partial charge in [-0.25, -0.2) is 0 Å². The molecule has 2 radical (unpaired) electrons. The molecule has 1 N–H and O–H groups in total. The van der Waals surface area contributed by atoms with E-state index in [0.717, 1.165) is 12.1 Å². The zero-order valence-corrected chi connectivity index (χ0v) is 6.43. The van der Waals surface area contributed by atoms with Gasteiger partial charge in [0.2, 0.25) is 0 Å². The molecule has 1 rings (SSSR count). The van der Waals surface area contributed by atoms with Crippen LogP contribution in [0.15, 0.2) is 12.1 Å². The normalized spacial score (nSPS) is 9.54. The molecule has 6 heteroatoms. The lowest BCUT2D eigenvalue weighted by Crippen LogP contribution is -2.06. The van der Waals surface area contributed by atoms with Crippen molar-refractivity contribution in [1.82, 2.24) is 0 Å². The van der Waals surface area contributed by atoms with E-state index in [2.05, 4.69) is 0 Å². The van der Waals surface area contributed by atoms with Gasteiger partial charge in [-0.1, -0.05) is 5.46 Å². The van der Waals surface area contributed by atoms with Gasteiger partial charge in [0.1, 0.15) is 13.6 Å². The Hall–Kier alpha value is -1.85. The zero-order chi connectivity index (χ0) is 10.0. The number of hydrogen-bond donors (Lipinski definition) is 1. The molecule has 0 amide bonds. The van der Waals surface area contributed by atoms with Crippen LogP contribution in [-0.4, -0.2) is 24.2 Å². The summed E-state index contributed by atoms with van der Waals surface area (Å²) in [5, 5.41) is 19.4. The summed E-state index contributed by atoms with van der Waals surface area (Å²) in [6.07, 6.45) is 0.313. The van der Waals surface area contributed by atoms with Gasteiger partial charge in [0, 0.05) is 0 Å². The van der Waals surface area contributed by atoms with Crippen molar-refractivity contribution in [3.8, 4) is 5.75 Å². The van der Waals surface area contributed by atoms with Gasteiger partial charge in [-0.3, -0.25) is 14.9 Å². The van der Waals surface area contributed by atoms with Crippen LogP contribution in [-0.2, 0) is 0 Å². The Morgan fingerprint density at radius 1 is 1.54 bits per heavy atom. The summed E-state index contributed by atoms with van der Waals surface area (Å²) < 4.78 is 0. The summed E-state index contributed by atoms with van der Waals surface area (Å²) >= 11 is 0. The number of carbonyl (C=O) groups excluding carboxylic acids is 1. The fourth-order valence-electron chi connectivity index (χ4n) is 0.864. The molecule has 0 saturated carbocycles. The van der Waals surface area contributed by atoms with Crippen molar-refractivity contribution in [3.63, 3.8) is 0 Å². The van der Waals surface area contributed by atoms with E-state index in [1.165, 1.54) is 0 Å². The second kappa shape index (κ2) is 3.26. The molecule has 0 aromatic heterocycles. The lowest BCUT2D eigenvalue weighted by atomic mass is 9.92. The van der Waals surface area contributed by atoms with Crippen molar-refractivity contribution in [1.29, 1.82) is 0 Å². The molecule has 64 valence electrons. The Morgan fingerprint density at radius 3 is 2.62 bits per heavy atom. The van der Waals surface area contributed by atoms with E-state index < -0.39 is 16.4 Å². The number of nitro groups is 1. The first kappa shape index (κ1) is 9.24. The second-order valence-electron chi connectivity index (χ2n) is 2.34. The van der Waals surface area contributed by atoms with Gasteiger partial charge in [-0.2, -0.15) is 0 Å². The molecule has 0 saturated heterocycles. The average Bonchev–Trinajstić information content (AvgIpc) is 2.08. The molecule has 0 bridgehead atoms. The largest absolute Gasteiger partial charge is 0.508 e. The third-order valence-electron chi connectivity index (χ3n) is 1.50. The third-order valence-corrected chi connectivity index (χ3v) is 1.50. The highest BCUT2D eigenvalue weighted by atomic mass is 16.6. The molecule has 5 nitrogen and oxygen atoms in total. The van der Waals surface area contributed by atoms with E-state index >= 15 is 0 Å². The number of nitro benzene ring substituents is 1. The van der Waals surface area contributed by atoms with Gasteiger partial charge in [0.25, 0.3) is 5.69 Å². The summed E-state index contributed by atoms with van der Waals surface area (Å²) in [6.45, 7) is 0. The topological polar surface area (TPSA) is 80.4 Å². The smallest absolute Gasteiger partial charge is 0.283 e. The minimum atomic E-state index is -0.761. The van der Waals surface area contributed by atoms with Crippen molar-refractivity contribution in [2.45, 2.75) is 0 Å². The van der Waals surface area contributed by atoms with Gasteiger partial charge >= 0.3 is 0 Å². The Balaban J connectivity index is 3.41. The van der Waals surface area contributed by atoms with Gasteiger partial charge < -0.3 is 5.11 Å². The number of nitrogens with zero attached hydrogens (tertiary/aromatic N) is 1. The maximum Gasteiger partial charge on any atom is 0.283 e. The van der Waals surface area contributed by atoms with Crippen molar-refractivity contribution in [2.24, 2.45) is 0 Å². The quantitative estimate of drug-likeness (QED) is 0.296. The van der Waals surface area contributed by atoms with Crippen LogP contribution in [0, 0.1) is 10.1 Å². The summed E-state index contributed by atoms with van der Waals surface area (Å²) in [6, 6.07) is 1.90. The van der Waals surface area contributed by atoms with Crippen molar-refractivity contribution in [3.05, 3.63) is 27.8 Å². The fraction of sp³-hybridized carbons (Fsp3) is 0. The first-order chi connectivity index (χ1) is 6.06. The van der Waals surface area contributed by atoms with Crippen LogP contribution in [0.4, 0.5) is 5.69 Å². The molecular weight excluding hydrogens is 173 g/mol. The summed E-state index contributed by atoms with van der Waals surface area (Å²) in [5.41, 5.74) is -0.672. The molecule has 0 aliphatic heterocycles. The maximum absolute atomic E-state index is 10.4. The summed E-state index contributed by atoms with van der Waals surface area (Å²) in [5.74, 6) is -0.405. The predicted molar refractivity (Wildman–Crippen MR) is 45.5 cm³/mol. The molecule has 1 aromatic rings. The highest BCUT2D eigenvalue weighted by molar-refractivity contribution is 6.34. The second-order valence-corrected chi connectivity index (χ2v) is 2.34. The first-order valence-electron chi connectivity index (χ1n) is 3.28. The van der Waals surface area contributed by atoms with Crippen LogP contribution in [0.3, 0.4) is 0 Å². The number of phenolic OH excluding ortho intramolecular Hbond substituents is 1. The minimum absolute atomic E-state index is 0.0623. The van der Waals surface area contributed by atoms with Gasteiger partial charge in [0.15, 0.2) is 6.29 Å². The Labute approximate surface area is 74.6 Å². The molecule has 0 spiro atoms. The predicted octanol–water partition coefficient (Wildman–Crippen LogP) is -0.0933. The Morgan fingerprint density at radius 2 is 2.15 bits per heavy atom. The highest BCUT2D eigenvalue weighted by Gasteiger charge is 2.15. The van der Waals surface area contributed by atoms with Crippen LogP contribution >= 0.6 is 0 Å². The summed E-state index contributed by atoms with van der Waals surface area (Å²) in [7, 11) is 5.23. The lowest BCUT2D eigenvalue weighted by molar-refractivity contribution is -0.385. The third kappa shape index (κ3) is 1.66. The number of phenols is 1. The van der Waals surface area contributed by atoms with E-state index in [1.54, 1.807) is 0 Å². The van der Waals surface area contributed by atoms with Crippen molar-refractivity contribution in [2.75, 3.05) is 0 Å². The molecule has 0 unspecified atom stereocenters. The molecule has 0 aliphatic carbocycles. The van der Waals surface area contributed by atoms with E-state index in [4.69, 9.17) is 13.0 Å². The molecule has 13 heavy (non-hydrogen) atoms. The molecular formula is C7H4BNO4. The van der Waals surface area contributed by atoms with Crippen molar-refractivity contribution >= 4 is 25.3 Å². The van der Waals surface area contributed by atoms with Gasteiger partial charge in [-0.15, -0.1) is 0 Å². The number of rotatable bonds is 2. The lowest BCUT2D eigenvalue weighted by Gasteiger charge is -2.00. The minimum Gasteiger partial charge on any atom is -0.508 e. The SMILES string of the molecule is [B]c1cc(C=O)c([N+](=O)[O-])cc1O. The monoisotopic (exact) mass is 177 g/mol. The molecule has 0 fully saturated rings. The van der Waals surface area contributed by atoms with Gasteiger partial charge in [-0.05, 0) is 6.07 Å². The van der Waals surface area contributed by atoms with Crippen LogP contribution in [0.2, 0.25) is 0 Å². The van der Waals surface area contributed by atoms with Gasteiger partial charge in [0.05, 0.1) is 16.6 Å². The van der Waals surface area contributed by atoms with Crippen LogP contribution in [0.1, 0.15) is 10.4 Å². The van der Waals surface area contributed by atoms with Crippen molar-refractivity contribution < 1.29 is 14.8 Å². The van der Waals surface area contributed by atoms with Crippen LogP contribution < -0.4 is 5.46 Å². The molecule has 0 atom stereocenters. The number of hydrogen-bond acceptors (Lipinski definition) is 4. The number of aromatic hydroxyl groups is 1. The number of benzene rings is 1. The van der Waals surface area contributed by atoms with E-state index in [-0.39, 0.29) is 11.0 Å². The highest BCUT2D eigenvalue weighted by Crippen LogP contribution is 2.20. The molecule has 0 aliphatic rings. The van der Waals surface area contributed by atoms with E-state index in [0.29, 0.717) is 6.29 Å². The number of carbonyl (C=O) groups is 1. The maximum atomic E-state index is 10.4. The Bertz CT molecular complexity index is 377. The Kier molecular flexibility index (Phi) is 2.32. The molecule has 0 heterocycles. The van der Waals surface area contributed by atoms with E-state index in [1.807, 2.05) is 0 Å². The first-order valence-corrected chi connectivity index (χ1v) is 3.28. The fourth-order valence-corrected chi connectivity index (χ4v) is 0.864. The average molecular weight is 177 g/mol. The standard InChI is InChI=1S/C7H4BNO4/c8-5-1-4(3-10)6(9(12)13)2-7(5)11/h1-3,11H. The van der Waals surface area contributed by atoms with Crippen LogP contribution in [0.5, 0.6) is 5.75 Å². The summed E-state index contributed by atoms with van der Waals surface area (Å²) in [4.78, 5) is 19.9. The van der Waals surface area contributed by atoms with Crippen LogP contribution in [0.25, 0.3) is 0 Å². The van der Waals surface area contributed by atoms with E-state index in [9.17, 15) is 14.9 Å². The number of aldehydes is 1.